The van der Waals surface area contributed by atoms with E-state index in [1.807, 2.05) is 27.7 Å². The smallest absolute Gasteiger partial charge is 0.251 e. The van der Waals surface area contributed by atoms with Crippen LogP contribution in [0.3, 0.4) is 0 Å². The Morgan fingerprint density at radius 2 is 1.76 bits per heavy atom. The highest BCUT2D eigenvalue weighted by Gasteiger charge is 2.16. The van der Waals surface area contributed by atoms with Crippen molar-refractivity contribution in [2.45, 2.75) is 52.1 Å². The Labute approximate surface area is 126 Å². The molecular formula is C16H25N3O2. The van der Waals surface area contributed by atoms with E-state index in [1.165, 1.54) is 0 Å². The van der Waals surface area contributed by atoms with E-state index in [9.17, 15) is 9.59 Å². The lowest BCUT2D eigenvalue weighted by Crippen LogP contribution is -2.40. The van der Waals surface area contributed by atoms with Crippen LogP contribution in [0.1, 0.15) is 50.9 Å². The van der Waals surface area contributed by atoms with Gasteiger partial charge in [-0.2, -0.15) is 0 Å². The predicted octanol–water partition coefficient (Wildman–Crippen LogP) is 2.28. The molecule has 0 bridgehead atoms. The number of anilines is 1. The highest BCUT2D eigenvalue weighted by atomic mass is 16.2. The van der Waals surface area contributed by atoms with E-state index < -0.39 is 6.04 Å². The largest absolute Gasteiger partial charge is 0.347 e. The molecule has 4 N–H and O–H groups in total. The third-order valence-electron chi connectivity index (χ3n) is 2.84. The second kappa shape index (κ2) is 7.22. The van der Waals surface area contributed by atoms with Gasteiger partial charge < -0.3 is 16.4 Å². The first-order valence-corrected chi connectivity index (χ1v) is 7.22. The normalized spacial score (nSPS) is 12.6. The van der Waals surface area contributed by atoms with Crippen molar-refractivity contribution in [2.75, 3.05) is 5.32 Å². The van der Waals surface area contributed by atoms with Crippen LogP contribution in [0.2, 0.25) is 0 Å². The minimum atomic E-state index is -0.501. The second-order valence-electron chi connectivity index (χ2n) is 6.17. The third kappa shape index (κ3) is 5.95. The van der Waals surface area contributed by atoms with Crippen LogP contribution in [0.4, 0.5) is 5.69 Å². The van der Waals surface area contributed by atoms with Crippen molar-refractivity contribution in [1.29, 1.82) is 0 Å². The average molecular weight is 291 g/mol. The molecule has 1 atom stereocenters. The van der Waals surface area contributed by atoms with Gasteiger partial charge in [-0.3, -0.25) is 9.59 Å². The number of hydrogen-bond donors (Lipinski definition) is 3. The first-order chi connectivity index (χ1) is 9.73. The molecule has 0 fully saturated rings. The van der Waals surface area contributed by atoms with Gasteiger partial charge in [-0.25, -0.2) is 0 Å². The maximum atomic E-state index is 12.0. The summed E-state index contributed by atoms with van der Waals surface area (Å²) in [6.07, 6.45) is 1.51. The van der Waals surface area contributed by atoms with Crippen molar-refractivity contribution in [3.63, 3.8) is 0 Å². The van der Waals surface area contributed by atoms with Gasteiger partial charge in [-0.1, -0.05) is 13.3 Å². The van der Waals surface area contributed by atoms with E-state index in [4.69, 9.17) is 5.73 Å². The van der Waals surface area contributed by atoms with Crippen molar-refractivity contribution in [3.05, 3.63) is 29.8 Å². The van der Waals surface area contributed by atoms with E-state index in [2.05, 4.69) is 10.6 Å². The summed E-state index contributed by atoms with van der Waals surface area (Å²) in [7, 11) is 0. The fraction of sp³-hybridized carbons (Fsp3) is 0.500. The summed E-state index contributed by atoms with van der Waals surface area (Å²) in [5, 5.41) is 5.63. The van der Waals surface area contributed by atoms with Crippen LogP contribution in [0, 0.1) is 0 Å². The highest BCUT2D eigenvalue weighted by molar-refractivity contribution is 5.97. The topological polar surface area (TPSA) is 84.2 Å². The fourth-order valence-corrected chi connectivity index (χ4v) is 1.79. The Morgan fingerprint density at radius 1 is 1.19 bits per heavy atom. The standard InChI is InChI=1S/C16H25N3O2/c1-5-6-13(17)15(21)18-12-9-7-11(8-10-12)14(20)19-16(2,3)4/h7-10,13H,5-6,17H2,1-4H3,(H,18,21)(H,19,20)/t13-/m0/s1. The average Bonchev–Trinajstić information content (AvgIpc) is 2.37. The summed E-state index contributed by atoms with van der Waals surface area (Å²) in [5.41, 5.74) is 6.66. The molecule has 0 spiro atoms. The molecule has 116 valence electrons. The molecule has 0 saturated carbocycles. The molecule has 2 amide bonds. The molecule has 0 aromatic heterocycles. The molecule has 1 rings (SSSR count). The third-order valence-corrected chi connectivity index (χ3v) is 2.84. The molecule has 5 heteroatoms. The highest BCUT2D eigenvalue weighted by Crippen LogP contribution is 2.11. The molecule has 0 unspecified atom stereocenters. The molecule has 21 heavy (non-hydrogen) atoms. The number of carbonyl (C=O) groups is 2. The van der Waals surface area contributed by atoms with E-state index in [1.54, 1.807) is 24.3 Å². The number of nitrogens with two attached hydrogens (primary N) is 1. The Kier molecular flexibility index (Phi) is 5.90. The molecule has 0 aliphatic heterocycles. The van der Waals surface area contributed by atoms with Crippen LogP contribution in [0.5, 0.6) is 0 Å². The number of benzene rings is 1. The summed E-state index contributed by atoms with van der Waals surface area (Å²) in [6.45, 7) is 7.76. The Bertz CT molecular complexity index is 489. The Hall–Kier alpha value is -1.88. The van der Waals surface area contributed by atoms with Gasteiger partial charge in [0.25, 0.3) is 5.91 Å². The van der Waals surface area contributed by atoms with Gasteiger partial charge in [0.2, 0.25) is 5.91 Å². The van der Waals surface area contributed by atoms with Crippen LogP contribution >= 0.6 is 0 Å². The van der Waals surface area contributed by atoms with E-state index >= 15 is 0 Å². The van der Waals surface area contributed by atoms with Gasteiger partial charge in [0.05, 0.1) is 6.04 Å². The summed E-state index contributed by atoms with van der Waals surface area (Å²) in [5.74, 6) is -0.341. The van der Waals surface area contributed by atoms with Crippen LogP contribution < -0.4 is 16.4 Å². The predicted molar refractivity (Wildman–Crippen MR) is 85.2 cm³/mol. The zero-order valence-corrected chi connectivity index (χ0v) is 13.2. The molecule has 1 aromatic rings. The minimum absolute atomic E-state index is 0.136. The van der Waals surface area contributed by atoms with Crippen LogP contribution in [-0.2, 0) is 4.79 Å². The molecule has 0 aliphatic rings. The molecule has 0 heterocycles. The molecule has 1 aromatic carbocycles. The molecule has 0 aliphatic carbocycles. The van der Waals surface area contributed by atoms with Gasteiger partial charge in [0.15, 0.2) is 0 Å². The SMILES string of the molecule is CCC[C@H](N)C(=O)Nc1ccc(C(=O)NC(C)(C)C)cc1. The molecule has 5 nitrogen and oxygen atoms in total. The molecular weight excluding hydrogens is 266 g/mol. The zero-order valence-electron chi connectivity index (χ0n) is 13.2. The van der Waals surface area contributed by atoms with Crippen LogP contribution in [0.25, 0.3) is 0 Å². The molecule has 0 radical (unpaired) electrons. The van der Waals surface area contributed by atoms with Gasteiger partial charge >= 0.3 is 0 Å². The van der Waals surface area contributed by atoms with Crippen LogP contribution in [-0.4, -0.2) is 23.4 Å². The monoisotopic (exact) mass is 291 g/mol. The van der Waals surface area contributed by atoms with Crippen LogP contribution in [0.15, 0.2) is 24.3 Å². The summed E-state index contributed by atoms with van der Waals surface area (Å²) < 4.78 is 0. The van der Waals surface area contributed by atoms with Crippen molar-refractivity contribution in [2.24, 2.45) is 5.73 Å². The number of amides is 2. The summed E-state index contributed by atoms with van der Waals surface area (Å²) in [4.78, 5) is 23.8. The van der Waals surface area contributed by atoms with Gasteiger partial charge in [0.1, 0.15) is 0 Å². The number of hydrogen-bond acceptors (Lipinski definition) is 3. The first-order valence-electron chi connectivity index (χ1n) is 7.22. The maximum absolute atomic E-state index is 12.0. The van der Waals surface area contributed by atoms with Gasteiger partial charge in [-0.05, 0) is 51.5 Å². The minimum Gasteiger partial charge on any atom is -0.347 e. The fourth-order valence-electron chi connectivity index (χ4n) is 1.79. The second-order valence-corrected chi connectivity index (χ2v) is 6.17. The van der Waals surface area contributed by atoms with Gasteiger partial charge in [0, 0.05) is 16.8 Å². The summed E-state index contributed by atoms with van der Waals surface area (Å²) in [6, 6.07) is 6.27. The van der Waals surface area contributed by atoms with Crippen molar-refractivity contribution >= 4 is 17.5 Å². The lowest BCUT2D eigenvalue weighted by atomic mass is 10.1. The van der Waals surface area contributed by atoms with Gasteiger partial charge in [-0.15, -0.1) is 0 Å². The number of nitrogens with one attached hydrogen (secondary N) is 2. The maximum Gasteiger partial charge on any atom is 0.251 e. The lowest BCUT2D eigenvalue weighted by Gasteiger charge is -2.20. The van der Waals surface area contributed by atoms with Crippen molar-refractivity contribution in [3.8, 4) is 0 Å². The van der Waals surface area contributed by atoms with E-state index in [0.29, 0.717) is 17.7 Å². The van der Waals surface area contributed by atoms with Crippen molar-refractivity contribution < 1.29 is 9.59 Å². The quantitative estimate of drug-likeness (QED) is 0.778. The van der Waals surface area contributed by atoms with E-state index in [0.717, 1.165) is 6.42 Å². The zero-order chi connectivity index (χ0) is 16.0. The Balaban J connectivity index is 2.66. The summed E-state index contributed by atoms with van der Waals surface area (Å²) >= 11 is 0. The Morgan fingerprint density at radius 3 is 2.24 bits per heavy atom. The number of rotatable bonds is 5. The number of carbonyl (C=O) groups excluding carboxylic acids is 2. The van der Waals surface area contributed by atoms with Crippen molar-refractivity contribution in [1.82, 2.24) is 5.32 Å². The first kappa shape index (κ1) is 17.2. The lowest BCUT2D eigenvalue weighted by molar-refractivity contribution is -0.117. The van der Waals surface area contributed by atoms with E-state index in [-0.39, 0.29) is 17.4 Å². The molecule has 0 saturated heterocycles.